The Morgan fingerprint density at radius 2 is 2.16 bits per heavy atom. The first kappa shape index (κ1) is 16.3. The van der Waals surface area contributed by atoms with Crippen LogP contribution < -0.4 is 5.43 Å². The maximum absolute atomic E-state index is 13.1. The van der Waals surface area contributed by atoms with Gasteiger partial charge in [-0.15, -0.1) is 0 Å². The smallest absolute Gasteiger partial charge is 0.362 e. The Hall–Kier alpha value is -3.60. The number of fused-ring (bicyclic) bond motifs is 1. The van der Waals surface area contributed by atoms with Gasteiger partial charge in [-0.05, 0) is 31.2 Å². The molecule has 0 radical (unpaired) electrons. The lowest BCUT2D eigenvalue weighted by Crippen LogP contribution is -2.24. The van der Waals surface area contributed by atoms with Crippen LogP contribution in [0.1, 0.15) is 23.0 Å². The number of esters is 1. The van der Waals surface area contributed by atoms with Crippen LogP contribution in [0.15, 0.2) is 41.3 Å². The van der Waals surface area contributed by atoms with Crippen molar-refractivity contribution in [3.05, 3.63) is 64.0 Å². The molecule has 1 aromatic carbocycles. The van der Waals surface area contributed by atoms with Crippen LogP contribution in [0.3, 0.4) is 0 Å². The highest BCUT2D eigenvalue weighted by Gasteiger charge is 2.21. The Morgan fingerprint density at radius 1 is 1.36 bits per heavy atom. The van der Waals surface area contributed by atoms with E-state index in [4.69, 9.17) is 4.74 Å². The summed E-state index contributed by atoms with van der Waals surface area (Å²) in [4.78, 5) is 28.3. The van der Waals surface area contributed by atoms with E-state index in [2.05, 4.69) is 10.1 Å². The number of aromatic nitrogens is 3. The molecule has 0 aliphatic heterocycles. The zero-order valence-corrected chi connectivity index (χ0v) is 13.1. The Balaban J connectivity index is 2.42. The summed E-state index contributed by atoms with van der Waals surface area (Å²) in [6.07, 6.45) is 1.21. The molecule has 3 aromatic rings. The van der Waals surface area contributed by atoms with Crippen LogP contribution in [-0.4, -0.2) is 27.3 Å². The fourth-order valence-corrected chi connectivity index (χ4v) is 2.39. The second-order valence-electron chi connectivity index (χ2n) is 4.96. The van der Waals surface area contributed by atoms with Crippen LogP contribution >= 0.6 is 0 Å². The molecule has 0 aliphatic carbocycles. The molecular weight excluding hydrogens is 327 g/mol. The largest absolute Gasteiger partial charge is 0.461 e. The first-order valence-corrected chi connectivity index (χ1v) is 7.32. The number of benzene rings is 1. The van der Waals surface area contributed by atoms with Gasteiger partial charge in [0.15, 0.2) is 0 Å². The molecule has 0 bridgehead atoms. The predicted octanol–water partition coefficient (Wildman–Crippen LogP) is 1.97. The second-order valence-corrected chi connectivity index (χ2v) is 4.96. The molecule has 0 atom stereocenters. The highest BCUT2D eigenvalue weighted by Crippen LogP contribution is 2.18. The van der Waals surface area contributed by atoms with Crippen molar-refractivity contribution in [2.24, 2.45) is 0 Å². The minimum Gasteiger partial charge on any atom is -0.461 e. The lowest BCUT2D eigenvalue weighted by molar-refractivity contribution is 0.0516. The topological polar surface area (TPSA) is 97.9 Å². The van der Waals surface area contributed by atoms with Gasteiger partial charge in [0.05, 0.1) is 41.0 Å². The molecular formula is C17H11FN4O3. The summed E-state index contributed by atoms with van der Waals surface area (Å²) in [6, 6.07) is 9.07. The maximum atomic E-state index is 13.1. The van der Waals surface area contributed by atoms with E-state index in [1.807, 2.05) is 6.07 Å². The lowest BCUT2D eigenvalue weighted by Gasteiger charge is -2.12. The van der Waals surface area contributed by atoms with Gasteiger partial charge in [-0.2, -0.15) is 14.8 Å². The highest BCUT2D eigenvalue weighted by atomic mass is 19.1. The number of pyridine rings is 1. The van der Waals surface area contributed by atoms with Gasteiger partial charge >= 0.3 is 5.97 Å². The molecule has 0 N–H and O–H groups in total. The molecule has 8 heteroatoms. The average Bonchev–Trinajstić information content (AvgIpc) is 2.62. The first-order valence-electron chi connectivity index (χ1n) is 7.32. The SMILES string of the molecule is CCOC(=O)c1nn(-c2ccc(F)nc2)c2cccc(C#N)c2c1=O. The molecule has 25 heavy (non-hydrogen) atoms. The fraction of sp³-hybridized carbons (Fsp3) is 0.118. The maximum Gasteiger partial charge on any atom is 0.362 e. The van der Waals surface area contributed by atoms with Crippen molar-refractivity contribution in [1.29, 1.82) is 5.26 Å². The van der Waals surface area contributed by atoms with Crippen LogP contribution in [0.4, 0.5) is 4.39 Å². The Labute approximate surface area is 140 Å². The van der Waals surface area contributed by atoms with Crippen molar-refractivity contribution >= 4 is 16.9 Å². The lowest BCUT2D eigenvalue weighted by atomic mass is 10.1. The molecule has 0 spiro atoms. The molecule has 0 amide bonds. The number of nitrogens with zero attached hydrogens (tertiary/aromatic N) is 4. The van der Waals surface area contributed by atoms with Crippen LogP contribution in [0.25, 0.3) is 16.6 Å². The Kier molecular flexibility index (Phi) is 4.22. The van der Waals surface area contributed by atoms with E-state index in [1.54, 1.807) is 19.1 Å². The Morgan fingerprint density at radius 3 is 2.80 bits per heavy atom. The Bertz CT molecular complexity index is 1070. The molecule has 0 saturated carbocycles. The summed E-state index contributed by atoms with van der Waals surface area (Å²) in [5.41, 5.74) is -0.435. The summed E-state index contributed by atoms with van der Waals surface area (Å²) in [5, 5.41) is 13.4. The molecule has 7 nitrogen and oxygen atoms in total. The molecule has 0 unspecified atom stereocenters. The van der Waals surface area contributed by atoms with Crippen molar-refractivity contribution < 1.29 is 13.9 Å². The van der Waals surface area contributed by atoms with Crippen molar-refractivity contribution in [3.8, 4) is 11.8 Å². The monoisotopic (exact) mass is 338 g/mol. The number of ether oxygens (including phenoxy) is 1. The van der Waals surface area contributed by atoms with Crippen molar-refractivity contribution in [3.63, 3.8) is 0 Å². The van der Waals surface area contributed by atoms with E-state index < -0.39 is 23.0 Å². The molecule has 0 fully saturated rings. The standard InChI is InChI=1S/C17H11FN4O3/c1-2-25-17(24)15-16(23)14-10(8-19)4-3-5-12(14)22(21-15)11-6-7-13(18)20-9-11/h3-7,9H,2H2,1H3. The number of nitriles is 1. The summed E-state index contributed by atoms with van der Waals surface area (Å²) >= 11 is 0. The van der Waals surface area contributed by atoms with E-state index in [0.717, 1.165) is 6.07 Å². The van der Waals surface area contributed by atoms with Gasteiger partial charge in [-0.25, -0.2) is 14.5 Å². The summed E-state index contributed by atoms with van der Waals surface area (Å²) in [7, 11) is 0. The van der Waals surface area contributed by atoms with E-state index in [-0.39, 0.29) is 17.6 Å². The van der Waals surface area contributed by atoms with Gasteiger partial charge in [-0.3, -0.25) is 4.79 Å². The van der Waals surface area contributed by atoms with Crippen LogP contribution in [-0.2, 0) is 4.74 Å². The third-order valence-corrected chi connectivity index (χ3v) is 3.46. The first-order chi connectivity index (χ1) is 12.1. The number of hydrogen-bond donors (Lipinski definition) is 0. The molecule has 2 aromatic heterocycles. The van der Waals surface area contributed by atoms with Crippen LogP contribution in [0, 0.1) is 17.3 Å². The summed E-state index contributed by atoms with van der Waals surface area (Å²) in [5.74, 6) is -1.58. The second kappa shape index (κ2) is 6.49. The van der Waals surface area contributed by atoms with Crippen LogP contribution in [0.5, 0.6) is 0 Å². The fourth-order valence-electron chi connectivity index (χ4n) is 2.39. The number of carbonyl (C=O) groups excluding carboxylic acids is 1. The van der Waals surface area contributed by atoms with Gasteiger partial charge in [-0.1, -0.05) is 6.07 Å². The van der Waals surface area contributed by atoms with Crippen molar-refractivity contribution in [2.45, 2.75) is 6.92 Å². The van der Waals surface area contributed by atoms with Crippen molar-refractivity contribution in [2.75, 3.05) is 6.61 Å². The normalized spacial score (nSPS) is 10.4. The van der Waals surface area contributed by atoms with Gasteiger partial charge in [0.2, 0.25) is 17.1 Å². The number of hydrogen-bond acceptors (Lipinski definition) is 6. The zero-order valence-electron chi connectivity index (χ0n) is 13.1. The van der Waals surface area contributed by atoms with Gasteiger partial charge in [0.1, 0.15) is 0 Å². The van der Waals surface area contributed by atoms with Crippen molar-refractivity contribution in [1.82, 2.24) is 14.8 Å². The minimum atomic E-state index is -0.897. The third-order valence-electron chi connectivity index (χ3n) is 3.46. The van der Waals surface area contributed by atoms with E-state index in [1.165, 1.54) is 23.0 Å². The van der Waals surface area contributed by atoms with Crippen LogP contribution in [0.2, 0.25) is 0 Å². The highest BCUT2D eigenvalue weighted by molar-refractivity contribution is 5.94. The van der Waals surface area contributed by atoms with E-state index >= 15 is 0 Å². The zero-order chi connectivity index (χ0) is 18.0. The van der Waals surface area contributed by atoms with Gasteiger partial charge in [0, 0.05) is 0 Å². The van der Waals surface area contributed by atoms with E-state index in [0.29, 0.717) is 11.2 Å². The number of carbonyl (C=O) groups is 1. The molecule has 124 valence electrons. The average molecular weight is 338 g/mol. The quantitative estimate of drug-likeness (QED) is 0.535. The minimum absolute atomic E-state index is 0.0346. The molecule has 2 heterocycles. The summed E-state index contributed by atoms with van der Waals surface area (Å²) in [6.45, 7) is 1.66. The number of rotatable bonds is 3. The van der Waals surface area contributed by atoms with Gasteiger partial charge < -0.3 is 4.74 Å². The molecule has 0 saturated heterocycles. The predicted molar refractivity (Wildman–Crippen MR) is 85.8 cm³/mol. The molecule has 0 aliphatic rings. The molecule has 3 rings (SSSR count). The van der Waals surface area contributed by atoms with Gasteiger partial charge in [0.25, 0.3) is 0 Å². The number of halogens is 1. The third kappa shape index (κ3) is 2.83. The summed E-state index contributed by atoms with van der Waals surface area (Å²) < 4.78 is 19.2. The van der Waals surface area contributed by atoms with E-state index in [9.17, 15) is 19.2 Å².